The summed E-state index contributed by atoms with van der Waals surface area (Å²) in [6.07, 6.45) is 3.27. The summed E-state index contributed by atoms with van der Waals surface area (Å²) in [5, 5.41) is 6.95. The number of anilines is 2. The lowest BCUT2D eigenvalue weighted by molar-refractivity contribution is 0.102. The van der Waals surface area contributed by atoms with Gasteiger partial charge in [0, 0.05) is 30.9 Å². The second-order valence-corrected chi connectivity index (χ2v) is 5.83. The number of likely N-dealkylation sites (N-methyl/N-ethyl adjacent to an activating group) is 1. The molecule has 3 rings (SSSR count). The highest BCUT2D eigenvalue weighted by atomic mass is 16.1. The molecule has 0 aliphatic heterocycles. The fourth-order valence-electron chi connectivity index (χ4n) is 2.35. The molecule has 1 aromatic carbocycles. The van der Waals surface area contributed by atoms with E-state index in [2.05, 4.69) is 30.5 Å². The number of pyridine rings is 1. The van der Waals surface area contributed by atoms with E-state index in [1.54, 1.807) is 18.5 Å². The van der Waals surface area contributed by atoms with Gasteiger partial charge in [0.2, 0.25) is 5.95 Å². The second-order valence-electron chi connectivity index (χ2n) is 5.83. The predicted octanol–water partition coefficient (Wildman–Crippen LogP) is 2.25. The molecule has 0 aliphatic rings. The van der Waals surface area contributed by atoms with Crippen LogP contribution in [0.3, 0.4) is 0 Å². The van der Waals surface area contributed by atoms with Crippen LogP contribution in [0.4, 0.5) is 11.6 Å². The van der Waals surface area contributed by atoms with Gasteiger partial charge in [-0.3, -0.25) is 9.78 Å². The Kier molecular flexibility index (Phi) is 5.15. The Hall–Kier alpha value is -3.06. The molecule has 2 heterocycles. The number of fused-ring (bicyclic) bond motifs is 1. The molecule has 7 heteroatoms. The van der Waals surface area contributed by atoms with Crippen molar-refractivity contribution in [2.45, 2.75) is 0 Å². The number of nitrogens with zero attached hydrogens (tertiary/aromatic N) is 4. The van der Waals surface area contributed by atoms with Gasteiger partial charge >= 0.3 is 0 Å². The molecule has 0 radical (unpaired) electrons. The highest BCUT2D eigenvalue weighted by molar-refractivity contribution is 6.07. The van der Waals surface area contributed by atoms with Crippen LogP contribution in [0.5, 0.6) is 0 Å². The number of hydrogen-bond donors (Lipinski definition) is 2. The summed E-state index contributed by atoms with van der Waals surface area (Å²) in [6, 6.07) is 11.1. The van der Waals surface area contributed by atoms with Crippen LogP contribution in [-0.4, -0.2) is 52.9 Å². The summed E-state index contributed by atoms with van der Waals surface area (Å²) in [5.41, 5.74) is 1.70. The summed E-state index contributed by atoms with van der Waals surface area (Å²) in [4.78, 5) is 27.3. The molecule has 0 saturated heterocycles. The maximum absolute atomic E-state index is 12.5. The van der Waals surface area contributed by atoms with Gasteiger partial charge in [-0.1, -0.05) is 18.2 Å². The van der Waals surface area contributed by atoms with Crippen molar-refractivity contribution >= 4 is 28.4 Å². The molecule has 3 aromatic rings. The van der Waals surface area contributed by atoms with Crippen LogP contribution in [-0.2, 0) is 0 Å². The first-order chi connectivity index (χ1) is 12.1. The molecule has 128 valence electrons. The molecular weight excluding hydrogens is 316 g/mol. The predicted molar refractivity (Wildman–Crippen MR) is 98.8 cm³/mol. The van der Waals surface area contributed by atoms with E-state index in [4.69, 9.17) is 0 Å². The van der Waals surface area contributed by atoms with E-state index in [1.807, 2.05) is 44.4 Å². The van der Waals surface area contributed by atoms with Crippen LogP contribution in [0.2, 0.25) is 0 Å². The monoisotopic (exact) mass is 336 g/mol. The third-order valence-corrected chi connectivity index (χ3v) is 3.61. The number of hydrogen-bond acceptors (Lipinski definition) is 6. The van der Waals surface area contributed by atoms with Crippen LogP contribution in [0.25, 0.3) is 10.9 Å². The lowest BCUT2D eigenvalue weighted by Gasteiger charge is -2.11. The van der Waals surface area contributed by atoms with Crippen LogP contribution in [0, 0.1) is 0 Å². The Morgan fingerprint density at radius 3 is 2.76 bits per heavy atom. The molecule has 0 saturated carbocycles. The minimum atomic E-state index is -0.295. The number of amides is 1. The minimum absolute atomic E-state index is 0.295. The Labute approximate surface area is 146 Å². The molecule has 2 aromatic heterocycles. The Bertz CT molecular complexity index is 875. The van der Waals surface area contributed by atoms with E-state index < -0.39 is 0 Å². The fourth-order valence-corrected chi connectivity index (χ4v) is 2.35. The number of para-hydroxylation sites is 1. The first-order valence-corrected chi connectivity index (χ1v) is 8.00. The lowest BCUT2D eigenvalue weighted by atomic mass is 10.2. The van der Waals surface area contributed by atoms with Gasteiger partial charge in [-0.15, -0.1) is 0 Å². The summed E-state index contributed by atoms with van der Waals surface area (Å²) < 4.78 is 0. The number of rotatable bonds is 6. The molecule has 0 bridgehead atoms. The third kappa shape index (κ3) is 4.27. The molecule has 25 heavy (non-hydrogen) atoms. The fraction of sp³-hybridized carbons (Fsp3) is 0.222. The second kappa shape index (κ2) is 7.67. The average Bonchev–Trinajstić information content (AvgIpc) is 2.62. The van der Waals surface area contributed by atoms with Crippen LogP contribution < -0.4 is 10.6 Å². The first-order valence-electron chi connectivity index (χ1n) is 8.00. The van der Waals surface area contributed by atoms with Crippen molar-refractivity contribution in [1.29, 1.82) is 0 Å². The smallest absolute Gasteiger partial charge is 0.274 e. The number of nitrogens with one attached hydrogen (secondary N) is 2. The normalized spacial score (nSPS) is 10.8. The molecule has 1 amide bonds. The molecule has 0 atom stereocenters. The Balaban J connectivity index is 1.74. The zero-order chi connectivity index (χ0) is 17.6. The van der Waals surface area contributed by atoms with E-state index in [0.717, 1.165) is 17.4 Å². The van der Waals surface area contributed by atoms with Crippen LogP contribution in [0.15, 0.2) is 48.8 Å². The quantitative estimate of drug-likeness (QED) is 0.718. The summed E-state index contributed by atoms with van der Waals surface area (Å²) in [6.45, 7) is 1.55. The van der Waals surface area contributed by atoms with Crippen LogP contribution >= 0.6 is 0 Å². The maximum atomic E-state index is 12.5. The van der Waals surface area contributed by atoms with E-state index >= 15 is 0 Å². The number of benzene rings is 1. The minimum Gasteiger partial charge on any atom is -0.353 e. The SMILES string of the molecule is CN(C)CCNc1nccc(C(=O)Nc2cccc3cccnc23)n1. The molecule has 0 aliphatic carbocycles. The van der Waals surface area contributed by atoms with Gasteiger partial charge in [0.1, 0.15) is 5.69 Å². The van der Waals surface area contributed by atoms with Crippen molar-refractivity contribution in [2.75, 3.05) is 37.8 Å². The third-order valence-electron chi connectivity index (χ3n) is 3.61. The lowest BCUT2D eigenvalue weighted by Crippen LogP contribution is -2.22. The van der Waals surface area contributed by atoms with Gasteiger partial charge in [-0.25, -0.2) is 9.97 Å². The van der Waals surface area contributed by atoms with Gasteiger partial charge in [0.15, 0.2) is 0 Å². The molecule has 2 N–H and O–H groups in total. The van der Waals surface area contributed by atoms with Crippen molar-refractivity contribution in [2.24, 2.45) is 0 Å². The highest BCUT2D eigenvalue weighted by Gasteiger charge is 2.11. The summed E-state index contributed by atoms with van der Waals surface area (Å²) in [7, 11) is 3.98. The van der Waals surface area contributed by atoms with Crippen molar-refractivity contribution < 1.29 is 4.79 Å². The van der Waals surface area contributed by atoms with Gasteiger partial charge in [0.25, 0.3) is 5.91 Å². The number of aromatic nitrogens is 3. The Morgan fingerprint density at radius 1 is 1.08 bits per heavy atom. The van der Waals surface area contributed by atoms with Crippen molar-refractivity contribution in [3.8, 4) is 0 Å². The zero-order valence-corrected chi connectivity index (χ0v) is 14.2. The van der Waals surface area contributed by atoms with E-state index in [1.165, 1.54) is 0 Å². The van der Waals surface area contributed by atoms with Crippen molar-refractivity contribution in [3.05, 3.63) is 54.5 Å². The molecule has 0 unspecified atom stereocenters. The number of carbonyl (C=O) groups excluding carboxylic acids is 1. The summed E-state index contributed by atoms with van der Waals surface area (Å²) >= 11 is 0. The molecular formula is C18H20N6O. The highest BCUT2D eigenvalue weighted by Crippen LogP contribution is 2.21. The van der Waals surface area contributed by atoms with Crippen LogP contribution in [0.1, 0.15) is 10.5 Å². The van der Waals surface area contributed by atoms with Gasteiger partial charge in [0.05, 0.1) is 11.2 Å². The largest absolute Gasteiger partial charge is 0.353 e. The van der Waals surface area contributed by atoms with Crippen molar-refractivity contribution in [3.63, 3.8) is 0 Å². The van der Waals surface area contributed by atoms with Gasteiger partial charge in [-0.2, -0.15) is 0 Å². The maximum Gasteiger partial charge on any atom is 0.274 e. The first kappa shape index (κ1) is 16.8. The molecule has 0 fully saturated rings. The number of carbonyl (C=O) groups is 1. The van der Waals surface area contributed by atoms with Gasteiger partial charge < -0.3 is 15.5 Å². The van der Waals surface area contributed by atoms with Gasteiger partial charge in [-0.05, 0) is 32.3 Å². The summed E-state index contributed by atoms with van der Waals surface area (Å²) in [5.74, 6) is 0.141. The topological polar surface area (TPSA) is 83.0 Å². The standard InChI is InChI=1S/C18H20N6O/c1-24(2)12-11-21-18-20-10-8-15(23-18)17(25)22-14-7-3-5-13-6-4-9-19-16(13)14/h3-10H,11-12H2,1-2H3,(H,22,25)(H,20,21,23). The molecule has 7 nitrogen and oxygen atoms in total. The molecule has 0 spiro atoms. The Morgan fingerprint density at radius 2 is 1.92 bits per heavy atom. The van der Waals surface area contributed by atoms with E-state index in [9.17, 15) is 4.79 Å². The van der Waals surface area contributed by atoms with Crippen molar-refractivity contribution in [1.82, 2.24) is 19.9 Å². The van der Waals surface area contributed by atoms with E-state index in [-0.39, 0.29) is 5.91 Å². The average molecular weight is 336 g/mol. The zero-order valence-electron chi connectivity index (χ0n) is 14.2. The van der Waals surface area contributed by atoms with E-state index in [0.29, 0.717) is 23.9 Å².